The summed E-state index contributed by atoms with van der Waals surface area (Å²) in [6.45, 7) is 2.26. The van der Waals surface area contributed by atoms with E-state index in [2.05, 4.69) is 19.1 Å². The minimum absolute atomic E-state index is 0.385. The van der Waals surface area contributed by atoms with E-state index in [1.807, 2.05) is 0 Å². The molecule has 0 aliphatic rings. The van der Waals surface area contributed by atoms with Crippen LogP contribution in [0.4, 0.5) is 0 Å². The Morgan fingerprint density at radius 1 is 0.783 bits per heavy atom. The average Bonchev–Trinajstić information content (AvgIpc) is 2.54. The van der Waals surface area contributed by atoms with E-state index in [4.69, 9.17) is 10.2 Å². The largest absolute Gasteiger partial charge is 0.479 e. The second-order valence-electron chi connectivity index (χ2n) is 6.58. The summed E-state index contributed by atoms with van der Waals surface area (Å²) in [7, 11) is 0. The molecule has 0 bridgehead atoms. The molecule has 0 aliphatic carbocycles. The second kappa shape index (κ2) is 17.5. The highest BCUT2D eigenvalue weighted by molar-refractivity contribution is 5.71. The highest BCUT2D eigenvalue weighted by Crippen LogP contribution is 2.11. The maximum Gasteiger partial charge on any atom is 0.332 e. The predicted molar refractivity (Wildman–Crippen MR) is 97.7 cm³/mol. The predicted octanol–water partition coefficient (Wildman–Crippen LogP) is 5.86. The van der Waals surface area contributed by atoms with Crippen LogP contribution in [0.1, 0.15) is 103 Å². The van der Waals surface area contributed by atoms with E-state index in [-0.39, 0.29) is 0 Å². The number of hydrogen-bond donors (Lipinski definition) is 2. The van der Waals surface area contributed by atoms with Gasteiger partial charge in [-0.25, -0.2) is 4.79 Å². The second-order valence-corrected chi connectivity index (χ2v) is 6.58. The van der Waals surface area contributed by atoms with E-state index in [0.717, 1.165) is 19.3 Å². The van der Waals surface area contributed by atoms with Gasteiger partial charge in [0, 0.05) is 0 Å². The van der Waals surface area contributed by atoms with Crippen LogP contribution in [0.3, 0.4) is 0 Å². The van der Waals surface area contributed by atoms with Gasteiger partial charge >= 0.3 is 5.97 Å². The molecule has 0 heterocycles. The Labute approximate surface area is 143 Å². The van der Waals surface area contributed by atoms with Crippen molar-refractivity contribution in [3.63, 3.8) is 0 Å². The average molecular weight is 327 g/mol. The molecule has 3 nitrogen and oxygen atoms in total. The number of aliphatic hydroxyl groups is 1. The number of rotatable bonds is 17. The van der Waals surface area contributed by atoms with Crippen molar-refractivity contribution in [2.24, 2.45) is 0 Å². The topological polar surface area (TPSA) is 57.5 Å². The first-order valence-electron chi connectivity index (χ1n) is 9.74. The lowest BCUT2D eigenvalue weighted by Crippen LogP contribution is -2.18. The van der Waals surface area contributed by atoms with Gasteiger partial charge in [0.05, 0.1) is 0 Å². The summed E-state index contributed by atoms with van der Waals surface area (Å²) < 4.78 is 0. The van der Waals surface area contributed by atoms with Gasteiger partial charge in [-0.15, -0.1) is 0 Å². The van der Waals surface area contributed by atoms with Crippen molar-refractivity contribution in [1.82, 2.24) is 0 Å². The number of carbonyl (C=O) groups is 1. The van der Waals surface area contributed by atoms with Crippen LogP contribution in [-0.2, 0) is 4.79 Å². The number of unbranched alkanes of at least 4 members (excludes halogenated alkanes) is 12. The Bertz CT molecular complexity index is 287. The molecule has 0 radical (unpaired) electrons. The molecule has 0 aromatic carbocycles. The maximum absolute atomic E-state index is 10.4. The fraction of sp³-hybridized carbons (Fsp3) is 0.850. The zero-order valence-corrected chi connectivity index (χ0v) is 15.1. The van der Waals surface area contributed by atoms with Crippen molar-refractivity contribution < 1.29 is 15.0 Å². The summed E-state index contributed by atoms with van der Waals surface area (Å²) in [5.74, 6) is -1.10. The van der Waals surface area contributed by atoms with Crippen molar-refractivity contribution >= 4 is 5.97 Å². The van der Waals surface area contributed by atoms with E-state index in [1.54, 1.807) is 0 Å². The van der Waals surface area contributed by atoms with Gasteiger partial charge in [0.1, 0.15) is 0 Å². The number of carboxylic acids is 1. The molecule has 0 aromatic rings. The Morgan fingerprint density at radius 2 is 1.22 bits per heavy atom. The van der Waals surface area contributed by atoms with Gasteiger partial charge in [0.25, 0.3) is 0 Å². The zero-order chi connectivity index (χ0) is 17.2. The van der Waals surface area contributed by atoms with Gasteiger partial charge < -0.3 is 10.2 Å². The molecule has 1 atom stereocenters. The molecule has 2 N–H and O–H groups in total. The summed E-state index contributed by atoms with van der Waals surface area (Å²) in [6.07, 6.45) is 21.2. The first kappa shape index (κ1) is 22.2. The molecule has 3 heteroatoms. The lowest BCUT2D eigenvalue weighted by Gasteiger charge is -2.04. The minimum Gasteiger partial charge on any atom is -0.479 e. The molecule has 0 aromatic heterocycles. The van der Waals surface area contributed by atoms with Crippen LogP contribution >= 0.6 is 0 Å². The zero-order valence-electron chi connectivity index (χ0n) is 15.1. The number of carboxylic acid groups (broad SMARTS) is 1. The van der Waals surface area contributed by atoms with Crippen molar-refractivity contribution in [2.75, 3.05) is 0 Å². The first-order chi connectivity index (χ1) is 11.2. The highest BCUT2D eigenvalue weighted by Gasteiger charge is 2.11. The number of aliphatic carboxylic acids is 1. The summed E-state index contributed by atoms with van der Waals surface area (Å²) in [4.78, 5) is 10.4. The Balaban J connectivity index is 3.15. The molecule has 0 unspecified atom stereocenters. The molecule has 0 fully saturated rings. The van der Waals surface area contributed by atoms with Crippen molar-refractivity contribution in [3.8, 4) is 0 Å². The Kier molecular flexibility index (Phi) is 16.9. The third-order valence-corrected chi connectivity index (χ3v) is 4.27. The summed E-state index contributed by atoms with van der Waals surface area (Å²) in [5, 5.41) is 17.7. The third-order valence-electron chi connectivity index (χ3n) is 4.27. The van der Waals surface area contributed by atoms with Crippen molar-refractivity contribution in [3.05, 3.63) is 12.2 Å². The third kappa shape index (κ3) is 17.4. The molecule has 0 aliphatic heterocycles. The fourth-order valence-corrected chi connectivity index (χ4v) is 2.71. The normalized spacial score (nSPS) is 12.8. The highest BCUT2D eigenvalue weighted by atomic mass is 16.4. The monoisotopic (exact) mass is 326 g/mol. The van der Waals surface area contributed by atoms with E-state index in [1.165, 1.54) is 70.6 Å². The van der Waals surface area contributed by atoms with Crippen LogP contribution in [0.25, 0.3) is 0 Å². The molecule has 0 amide bonds. The Morgan fingerprint density at radius 3 is 1.70 bits per heavy atom. The molecular weight excluding hydrogens is 288 g/mol. The smallest absolute Gasteiger partial charge is 0.332 e. The van der Waals surface area contributed by atoms with Crippen LogP contribution in [-0.4, -0.2) is 22.3 Å². The van der Waals surface area contributed by atoms with Crippen LogP contribution in [0.2, 0.25) is 0 Å². The molecule has 0 rings (SSSR count). The SMILES string of the molecule is CCCCCCCC/C=C\CCCCCCCC[C@@H](O)C(=O)O. The van der Waals surface area contributed by atoms with Gasteiger partial charge in [-0.1, -0.05) is 83.3 Å². The van der Waals surface area contributed by atoms with E-state index in [9.17, 15) is 4.79 Å². The maximum atomic E-state index is 10.4. The van der Waals surface area contributed by atoms with Crippen molar-refractivity contribution in [2.45, 2.75) is 109 Å². The van der Waals surface area contributed by atoms with E-state index < -0.39 is 12.1 Å². The Hall–Kier alpha value is -0.830. The first-order valence-corrected chi connectivity index (χ1v) is 9.74. The standard InChI is InChI=1S/C20H38O3/c1-2-3-4-5-6-7-8-9-10-11-12-13-14-15-16-17-18-19(21)20(22)23/h9-10,19,21H,2-8,11-18H2,1H3,(H,22,23)/b10-9-/t19-/m1/s1. The summed E-state index contributed by atoms with van der Waals surface area (Å²) >= 11 is 0. The van der Waals surface area contributed by atoms with Crippen molar-refractivity contribution in [1.29, 1.82) is 0 Å². The molecule has 136 valence electrons. The number of allylic oxidation sites excluding steroid dienone is 2. The lowest BCUT2D eigenvalue weighted by molar-refractivity contribution is -0.146. The van der Waals surface area contributed by atoms with Gasteiger partial charge in [0.2, 0.25) is 0 Å². The minimum atomic E-state index is -1.17. The van der Waals surface area contributed by atoms with Gasteiger partial charge in [-0.05, 0) is 32.1 Å². The number of hydrogen-bond acceptors (Lipinski definition) is 2. The molecule has 0 spiro atoms. The van der Waals surface area contributed by atoms with Gasteiger partial charge in [-0.2, -0.15) is 0 Å². The molecule has 23 heavy (non-hydrogen) atoms. The van der Waals surface area contributed by atoms with Gasteiger partial charge in [-0.3, -0.25) is 0 Å². The van der Waals surface area contributed by atoms with Crippen LogP contribution in [0.5, 0.6) is 0 Å². The molecule has 0 saturated carbocycles. The summed E-state index contributed by atoms with van der Waals surface area (Å²) in [5.41, 5.74) is 0. The quantitative estimate of drug-likeness (QED) is 0.260. The number of aliphatic hydroxyl groups excluding tert-OH is 1. The van der Waals surface area contributed by atoms with Gasteiger partial charge in [0.15, 0.2) is 6.10 Å². The van der Waals surface area contributed by atoms with Crippen LogP contribution < -0.4 is 0 Å². The van der Waals surface area contributed by atoms with E-state index >= 15 is 0 Å². The summed E-state index contributed by atoms with van der Waals surface area (Å²) in [6, 6.07) is 0. The molecular formula is C20H38O3. The van der Waals surface area contributed by atoms with E-state index in [0.29, 0.717) is 6.42 Å². The van der Waals surface area contributed by atoms with Crippen LogP contribution in [0, 0.1) is 0 Å². The molecule has 0 saturated heterocycles. The van der Waals surface area contributed by atoms with Crippen LogP contribution in [0.15, 0.2) is 12.2 Å². The lowest BCUT2D eigenvalue weighted by atomic mass is 10.1. The fourth-order valence-electron chi connectivity index (χ4n) is 2.71.